The van der Waals surface area contributed by atoms with Crippen LogP contribution in [0, 0.1) is 6.92 Å². The molecule has 1 amide bonds. The minimum Gasteiger partial charge on any atom is -0.486 e. The summed E-state index contributed by atoms with van der Waals surface area (Å²) in [4.78, 5) is 14.9. The zero-order valence-corrected chi connectivity index (χ0v) is 19.2. The van der Waals surface area contributed by atoms with Crippen LogP contribution in [0.5, 0.6) is 11.5 Å². The van der Waals surface area contributed by atoms with E-state index >= 15 is 0 Å². The summed E-state index contributed by atoms with van der Waals surface area (Å²) in [5.74, 6) is 0.822. The second-order valence-electron chi connectivity index (χ2n) is 7.27. The summed E-state index contributed by atoms with van der Waals surface area (Å²) in [6.45, 7) is 2.67. The van der Waals surface area contributed by atoms with Gasteiger partial charge in [0.25, 0.3) is 5.91 Å². The number of hydrogen-bond acceptors (Lipinski definition) is 6. The van der Waals surface area contributed by atoms with Gasteiger partial charge in [-0.05, 0) is 36.8 Å². The number of rotatable bonds is 6. The first-order valence-corrected chi connectivity index (χ1v) is 12.6. The highest BCUT2D eigenvalue weighted by atomic mass is 32.2. The SMILES string of the molecule is Cc1ccc(C(=O)Nc2cc3c(cc2Sc2ccccc2)OCCO3)cc1NS(C)(=O)=O. The lowest BCUT2D eigenvalue weighted by Gasteiger charge is -2.21. The smallest absolute Gasteiger partial charge is 0.255 e. The summed E-state index contributed by atoms with van der Waals surface area (Å²) < 4.78 is 37.1. The molecule has 0 saturated carbocycles. The van der Waals surface area contributed by atoms with Crippen molar-refractivity contribution in [1.82, 2.24) is 0 Å². The molecule has 0 bridgehead atoms. The molecular formula is C23H22N2O5S2. The Morgan fingerprint density at radius 2 is 1.62 bits per heavy atom. The average molecular weight is 471 g/mol. The number of fused-ring (bicyclic) bond motifs is 1. The summed E-state index contributed by atoms with van der Waals surface area (Å²) in [7, 11) is -3.47. The number of aryl methyl sites for hydroxylation is 1. The van der Waals surface area contributed by atoms with Crippen molar-refractivity contribution in [2.24, 2.45) is 0 Å². The molecule has 0 aliphatic carbocycles. The maximum atomic E-state index is 13.0. The van der Waals surface area contributed by atoms with Gasteiger partial charge in [0.05, 0.1) is 17.6 Å². The molecule has 7 nitrogen and oxygen atoms in total. The quantitative estimate of drug-likeness (QED) is 0.549. The van der Waals surface area contributed by atoms with E-state index < -0.39 is 10.0 Å². The first kappa shape index (κ1) is 22.0. The summed E-state index contributed by atoms with van der Waals surface area (Å²) in [6.07, 6.45) is 1.07. The molecule has 0 spiro atoms. The Kier molecular flexibility index (Phi) is 6.29. The van der Waals surface area contributed by atoms with E-state index in [1.54, 1.807) is 25.1 Å². The highest BCUT2D eigenvalue weighted by Crippen LogP contribution is 2.42. The van der Waals surface area contributed by atoms with Gasteiger partial charge >= 0.3 is 0 Å². The van der Waals surface area contributed by atoms with Crippen molar-refractivity contribution in [2.75, 3.05) is 29.5 Å². The van der Waals surface area contributed by atoms with Crippen molar-refractivity contribution in [3.8, 4) is 11.5 Å². The third kappa shape index (κ3) is 5.35. The third-order valence-electron chi connectivity index (χ3n) is 4.66. The van der Waals surface area contributed by atoms with Crippen molar-refractivity contribution >= 4 is 39.1 Å². The Morgan fingerprint density at radius 3 is 2.31 bits per heavy atom. The van der Waals surface area contributed by atoms with Crippen molar-refractivity contribution in [3.05, 3.63) is 71.8 Å². The van der Waals surface area contributed by atoms with E-state index in [9.17, 15) is 13.2 Å². The predicted octanol–water partition coefficient (Wildman–Crippen LogP) is 4.54. The first-order valence-electron chi connectivity index (χ1n) is 9.85. The number of hydrogen-bond donors (Lipinski definition) is 2. The Balaban J connectivity index is 1.66. The Bertz CT molecular complexity index is 1260. The maximum absolute atomic E-state index is 13.0. The Labute approximate surface area is 191 Å². The largest absolute Gasteiger partial charge is 0.486 e. The van der Waals surface area contributed by atoms with Gasteiger partial charge in [-0.15, -0.1) is 0 Å². The van der Waals surface area contributed by atoms with Crippen LogP contribution in [-0.2, 0) is 10.0 Å². The van der Waals surface area contributed by atoms with Crippen molar-refractivity contribution in [1.29, 1.82) is 0 Å². The minimum absolute atomic E-state index is 0.326. The van der Waals surface area contributed by atoms with Crippen LogP contribution < -0.4 is 19.5 Å². The van der Waals surface area contributed by atoms with Crippen molar-refractivity contribution < 1.29 is 22.7 Å². The van der Waals surface area contributed by atoms with E-state index in [0.717, 1.165) is 16.0 Å². The maximum Gasteiger partial charge on any atom is 0.255 e. The predicted molar refractivity (Wildman–Crippen MR) is 126 cm³/mol. The van der Waals surface area contributed by atoms with Crippen molar-refractivity contribution in [2.45, 2.75) is 16.7 Å². The molecule has 1 heterocycles. The Hall–Kier alpha value is -3.17. The number of ether oxygens (including phenoxy) is 2. The molecule has 2 N–H and O–H groups in total. The molecule has 3 aromatic carbocycles. The number of carbonyl (C=O) groups excluding carboxylic acids is 1. The molecule has 0 unspecified atom stereocenters. The standard InChI is InChI=1S/C23H22N2O5S2/c1-15-8-9-16(12-18(15)25-32(2,27)28)23(26)24-19-13-20-21(30-11-10-29-20)14-22(19)31-17-6-4-3-5-7-17/h3-9,12-14,25H,10-11H2,1-2H3,(H,24,26). The molecule has 4 rings (SSSR count). The van der Waals surface area contributed by atoms with E-state index in [-0.39, 0.29) is 5.91 Å². The van der Waals surface area contributed by atoms with Gasteiger partial charge in [-0.1, -0.05) is 36.0 Å². The van der Waals surface area contributed by atoms with Crippen LogP contribution in [0.4, 0.5) is 11.4 Å². The zero-order chi connectivity index (χ0) is 22.7. The van der Waals surface area contributed by atoms with Gasteiger partial charge in [-0.25, -0.2) is 8.42 Å². The Morgan fingerprint density at radius 1 is 0.938 bits per heavy atom. The van der Waals surface area contributed by atoms with E-state index in [4.69, 9.17) is 9.47 Å². The second-order valence-corrected chi connectivity index (χ2v) is 10.1. The van der Waals surface area contributed by atoms with E-state index in [0.29, 0.717) is 47.2 Å². The molecule has 3 aromatic rings. The van der Waals surface area contributed by atoms with Gasteiger partial charge in [0.1, 0.15) is 13.2 Å². The fraction of sp³-hybridized carbons (Fsp3) is 0.174. The number of anilines is 2. The lowest BCUT2D eigenvalue weighted by molar-refractivity contribution is 0.102. The molecule has 0 saturated heterocycles. The molecule has 1 aliphatic heterocycles. The molecule has 0 fully saturated rings. The van der Waals surface area contributed by atoms with Crippen LogP contribution in [0.3, 0.4) is 0 Å². The van der Waals surface area contributed by atoms with Crippen LogP contribution >= 0.6 is 11.8 Å². The van der Waals surface area contributed by atoms with Crippen LogP contribution in [0.25, 0.3) is 0 Å². The lowest BCUT2D eigenvalue weighted by atomic mass is 10.1. The van der Waals surface area contributed by atoms with Gasteiger partial charge in [0.2, 0.25) is 10.0 Å². The molecular weight excluding hydrogens is 448 g/mol. The van der Waals surface area contributed by atoms with Gasteiger partial charge < -0.3 is 14.8 Å². The molecule has 0 radical (unpaired) electrons. The summed E-state index contributed by atoms with van der Waals surface area (Å²) in [5.41, 5.74) is 1.98. The molecule has 0 atom stereocenters. The number of nitrogens with one attached hydrogen (secondary N) is 2. The average Bonchev–Trinajstić information content (AvgIpc) is 2.75. The molecule has 166 valence electrons. The first-order chi connectivity index (χ1) is 15.3. The van der Waals surface area contributed by atoms with Gasteiger partial charge in [-0.2, -0.15) is 0 Å². The highest BCUT2D eigenvalue weighted by Gasteiger charge is 2.19. The van der Waals surface area contributed by atoms with Crippen LogP contribution in [0.1, 0.15) is 15.9 Å². The van der Waals surface area contributed by atoms with Crippen LogP contribution in [-0.4, -0.2) is 33.8 Å². The fourth-order valence-electron chi connectivity index (χ4n) is 3.14. The summed E-state index contributed by atoms with van der Waals surface area (Å²) >= 11 is 1.50. The monoisotopic (exact) mass is 470 g/mol. The van der Waals surface area contributed by atoms with Gasteiger partial charge in [-0.3, -0.25) is 9.52 Å². The number of amides is 1. The van der Waals surface area contributed by atoms with Crippen molar-refractivity contribution in [3.63, 3.8) is 0 Å². The second kappa shape index (κ2) is 9.13. The zero-order valence-electron chi connectivity index (χ0n) is 17.5. The summed E-state index contributed by atoms with van der Waals surface area (Å²) in [5, 5.41) is 2.93. The molecule has 1 aliphatic rings. The normalized spacial score (nSPS) is 12.8. The fourth-order valence-corrected chi connectivity index (χ4v) is 4.69. The number of benzene rings is 3. The highest BCUT2D eigenvalue weighted by molar-refractivity contribution is 7.99. The minimum atomic E-state index is -3.47. The molecule has 9 heteroatoms. The molecule has 32 heavy (non-hydrogen) atoms. The third-order valence-corrected chi connectivity index (χ3v) is 6.31. The van der Waals surface area contributed by atoms with E-state index in [2.05, 4.69) is 10.0 Å². The van der Waals surface area contributed by atoms with Crippen LogP contribution in [0.2, 0.25) is 0 Å². The van der Waals surface area contributed by atoms with Crippen LogP contribution in [0.15, 0.2) is 70.5 Å². The summed E-state index contributed by atoms with van der Waals surface area (Å²) in [6, 6.07) is 18.3. The molecule has 0 aromatic heterocycles. The van der Waals surface area contributed by atoms with Gasteiger partial charge in [0, 0.05) is 27.5 Å². The van der Waals surface area contributed by atoms with Gasteiger partial charge in [0.15, 0.2) is 11.5 Å². The van der Waals surface area contributed by atoms with E-state index in [1.807, 2.05) is 36.4 Å². The number of sulfonamides is 1. The van der Waals surface area contributed by atoms with E-state index in [1.165, 1.54) is 17.8 Å². The number of carbonyl (C=O) groups is 1. The lowest BCUT2D eigenvalue weighted by Crippen LogP contribution is -2.17. The topological polar surface area (TPSA) is 93.7 Å².